The highest BCUT2D eigenvalue weighted by Gasteiger charge is 2.29. The molecule has 1 atom stereocenters. The maximum absolute atomic E-state index is 12.4. The highest BCUT2D eigenvalue weighted by molar-refractivity contribution is 7.91. The van der Waals surface area contributed by atoms with Gasteiger partial charge < -0.3 is 14.8 Å². The minimum atomic E-state index is -3.10. The molecule has 1 unspecified atom stereocenters. The average molecular weight is 376 g/mol. The van der Waals surface area contributed by atoms with Crippen LogP contribution in [0, 0.1) is 0 Å². The molecule has 1 amide bonds. The van der Waals surface area contributed by atoms with Crippen LogP contribution in [0.15, 0.2) is 18.2 Å². The largest absolute Gasteiger partial charge is 0.481 e. The summed E-state index contributed by atoms with van der Waals surface area (Å²) in [5.74, 6) is -0.914. The summed E-state index contributed by atoms with van der Waals surface area (Å²) >= 11 is 5.91. The topological polar surface area (TPSA) is 98.8 Å². The summed E-state index contributed by atoms with van der Waals surface area (Å²) in [5, 5.41) is 2.98. The van der Waals surface area contributed by atoms with E-state index in [1.807, 2.05) is 0 Å². The van der Waals surface area contributed by atoms with Gasteiger partial charge in [-0.1, -0.05) is 11.6 Å². The first kappa shape index (κ1) is 18.5. The molecule has 1 aromatic rings. The standard InChI is InChI=1S/C15H18ClNO6S/c1-2-22-14(18)8-23-13-4-3-10(16)7-12(13)15(19)17-11-5-6-24(20,21)9-11/h3-4,7,11H,2,5-6,8-9H2,1H3,(H,17,19). The molecule has 24 heavy (non-hydrogen) atoms. The van der Waals surface area contributed by atoms with Gasteiger partial charge in [0.25, 0.3) is 5.91 Å². The van der Waals surface area contributed by atoms with E-state index in [2.05, 4.69) is 5.32 Å². The molecule has 0 radical (unpaired) electrons. The van der Waals surface area contributed by atoms with Crippen LogP contribution in [-0.4, -0.2) is 51.1 Å². The number of hydrogen-bond donors (Lipinski definition) is 1. The normalized spacial score (nSPS) is 18.8. The van der Waals surface area contributed by atoms with Crippen LogP contribution in [0.5, 0.6) is 5.75 Å². The van der Waals surface area contributed by atoms with Crippen LogP contribution < -0.4 is 10.1 Å². The summed E-state index contributed by atoms with van der Waals surface area (Å²) < 4.78 is 33.0. The highest BCUT2D eigenvalue weighted by Crippen LogP contribution is 2.24. The number of halogens is 1. The number of carbonyl (C=O) groups is 2. The first-order valence-electron chi connectivity index (χ1n) is 7.40. The predicted octanol–water partition coefficient (Wildman–Crippen LogP) is 1.20. The number of esters is 1. The average Bonchev–Trinajstić information content (AvgIpc) is 2.85. The number of ether oxygens (including phenoxy) is 2. The molecular formula is C15H18ClNO6S. The summed E-state index contributed by atoms with van der Waals surface area (Å²) in [6, 6.07) is 3.96. The molecule has 1 aromatic carbocycles. The van der Waals surface area contributed by atoms with Gasteiger partial charge in [0.15, 0.2) is 16.4 Å². The van der Waals surface area contributed by atoms with E-state index in [1.54, 1.807) is 6.92 Å². The Morgan fingerprint density at radius 3 is 2.75 bits per heavy atom. The molecule has 2 rings (SSSR count). The predicted molar refractivity (Wildman–Crippen MR) is 88.1 cm³/mol. The Hall–Kier alpha value is -1.80. The lowest BCUT2D eigenvalue weighted by molar-refractivity contribution is -0.145. The molecule has 0 aromatic heterocycles. The first-order chi connectivity index (χ1) is 11.3. The monoisotopic (exact) mass is 375 g/mol. The van der Waals surface area contributed by atoms with Crippen molar-refractivity contribution < 1.29 is 27.5 Å². The number of hydrogen-bond acceptors (Lipinski definition) is 6. The zero-order chi connectivity index (χ0) is 17.7. The number of benzene rings is 1. The third-order valence-electron chi connectivity index (χ3n) is 3.40. The molecule has 1 saturated heterocycles. The Kier molecular flexibility index (Phi) is 6.06. The van der Waals surface area contributed by atoms with E-state index in [1.165, 1.54) is 18.2 Å². The molecule has 0 spiro atoms. The third kappa shape index (κ3) is 5.10. The van der Waals surface area contributed by atoms with Gasteiger partial charge in [-0.3, -0.25) is 4.79 Å². The van der Waals surface area contributed by atoms with Crippen LogP contribution >= 0.6 is 11.6 Å². The summed E-state index contributed by atoms with van der Waals surface area (Å²) in [4.78, 5) is 23.8. The fourth-order valence-corrected chi connectivity index (χ4v) is 4.16. The van der Waals surface area contributed by atoms with Gasteiger partial charge >= 0.3 is 5.97 Å². The first-order valence-corrected chi connectivity index (χ1v) is 9.60. The Morgan fingerprint density at radius 1 is 1.38 bits per heavy atom. The molecule has 7 nitrogen and oxygen atoms in total. The Morgan fingerprint density at radius 2 is 2.12 bits per heavy atom. The Bertz CT molecular complexity index is 733. The van der Waals surface area contributed by atoms with Gasteiger partial charge in [-0.25, -0.2) is 13.2 Å². The fourth-order valence-electron chi connectivity index (χ4n) is 2.32. The number of rotatable bonds is 6. The van der Waals surface area contributed by atoms with Crippen LogP contribution in [-0.2, 0) is 19.4 Å². The minimum Gasteiger partial charge on any atom is -0.481 e. The molecule has 1 N–H and O–H groups in total. The van der Waals surface area contributed by atoms with E-state index in [0.29, 0.717) is 11.4 Å². The van der Waals surface area contributed by atoms with Crippen LogP contribution in [0.2, 0.25) is 5.02 Å². The lowest BCUT2D eigenvalue weighted by Crippen LogP contribution is -2.35. The van der Waals surface area contributed by atoms with E-state index in [0.717, 1.165) is 0 Å². The van der Waals surface area contributed by atoms with Gasteiger partial charge in [-0.05, 0) is 31.5 Å². The maximum Gasteiger partial charge on any atom is 0.344 e. The van der Waals surface area contributed by atoms with Crippen molar-refractivity contribution in [2.45, 2.75) is 19.4 Å². The number of sulfone groups is 1. The molecule has 0 aliphatic carbocycles. The van der Waals surface area contributed by atoms with E-state index >= 15 is 0 Å². The molecule has 1 fully saturated rings. The van der Waals surface area contributed by atoms with E-state index < -0.39 is 27.8 Å². The molecule has 1 aliphatic heterocycles. The van der Waals surface area contributed by atoms with E-state index in [-0.39, 0.29) is 36.0 Å². The molecule has 1 heterocycles. The van der Waals surface area contributed by atoms with E-state index in [9.17, 15) is 18.0 Å². The summed E-state index contributed by atoms with van der Waals surface area (Å²) in [5.41, 5.74) is 0.135. The van der Waals surface area contributed by atoms with Gasteiger partial charge in [0, 0.05) is 11.1 Å². The van der Waals surface area contributed by atoms with Crippen LogP contribution in [0.4, 0.5) is 0 Å². The SMILES string of the molecule is CCOC(=O)COc1ccc(Cl)cc1C(=O)NC1CCS(=O)(=O)C1. The van der Waals surface area contributed by atoms with Crippen molar-refractivity contribution in [2.24, 2.45) is 0 Å². The van der Waals surface area contributed by atoms with Crippen molar-refractivity contribution in [1.82, 2.24) is 5.32 Å². The van der Waals surface area contributed by atoms with Crippen molar-refractivity contribution in [1.29, 1.82) is 0 Å². The van der Waals surface area contributed by atoms with E-state index in [4.69, 9.17) is 21.1 Å². The van der Waals surface area contributed by atoms with Gasteiger partial charge in [0.05, 0.1) is 23.7 Å². The van der Waals surface area contributed by atoms with Gasteiger partial charge in [0.1, 0.15) is 5.75 Å². The van der Waals surface area contributed by atoms with Gasteiger partial charge in [0.2, 0.25) is 0 Å². The maximum atomic E-state index is 12.4. The molecule has 0 bridgehead atoms. The number of carbonyl (C=O) groups excluding carboxylic acids is 2. The second-order valence-electron chi connectivity index (χ2n) is 5.31. The zero-order valence-electron chi connectivity index (χ0n) is 13.1. The van der Waals surface area contributed by atoms with Crippen molar-refractivity contribution in [2.75, 3.05) is 24.7 Å². The lowest BCUT2D eigenvalue weighted by Gasteiger charge is -2.14. The molecule has 132 valence electrons. The van der Waals surface area contributed by atoms with Crippen molar-refractivity contribution in [3.63, 3.8) is 0 Å². The third-order valence-corrected chi connectivity index (χ3v) is 5.41. The van der Waals surface area contributed by atoms with Gasteiger partial charge in [-0.15, -0.1) is 0 Å². The smallest absolute Gasteiger partial charge is 0.344 e. The quantitative estimate of drug-likeness (QED) is 0.750. The summed E-state index contributed by atoms with van der Waals surface area (Å²) in [7, 11) is -3.10. The van der Waals surface area contributed by atoms with Crippen LogP contribution in [0.3, 0.4) is 0 Å². The van der Waals surface area contributed by atoms with Crippen molar-refractivity contribution >= 4 is 33.3 Å². The fraction of sp³-hybridized carbons (Fsp3) is 0.467. The van der Waals surface area contributed by atoms with Crippen molar-refractivity contribution in [3.05, 3.63) is 28.8 Å². The number of amides is 1. The Labute approximate surface area is 145 Å². The minimum absolute atomic E-state index is 0.0553. The summed E-state index contributed by atoms with van der Waals surface area (Å²) in [6.45, 7) is 1.56. The van der Waals surface area contributed by atoms with Crippen LogP contribution in [0.25, 0.3) is 0 Å². The zero-order valence-corrected chi connectivity index (χ0v) is 14.7. The molecule has 0 saturated carbocycles. The lowest BCUT2D eigenvalue weighted by atomic mass is 10.1. The Balaban J connectivity index is 2.08. The van der Waals surface area contributed by atoms with Gasteiger partial charge in [-0.2, -0.15) is 0 Å². The summed E-state index contributed by atoms with van der Waals surface area (Å²) in [6.07, 6.45) is 0.369. The second kappa shape index (κ2) is 7.85. The van der Waals surface area contributed by atoms with Crippen molar-refractivity contribution in [3.8, 4) is 5.75 Å². The highest BCUT2D eigenvalue weighted by atomic mass is 35.5. The number of nitrogens with one attached hydrogen (secondary N) is 1. The van der Waals surface area contributed by atoms with Crippen LogP contribution in [0.1, 0.15) is 23.7 Å². The molecular weight excluding hydrogens is 358 g/mol. The molecule has 1 aliphatic rings. The second-order valence-corrected chi connectivity index (χ2v) is 7.97. The molecule has 9 heteroatoms.